The lowest BCUT2D eigenvalue weighted by Crippen LogP contribution is -2.45. The minimum atomic E-state index is -0.872. The molecule has 1 amide bonds. The molecule has 0 aromatic rings. The van der Waals surface area contributed by atoms with Crippen molar-refractivity contribution in [1.82, 2.24) is 10.2 Å². The summed E-state index contributed by atoms with van der Waals surface area (Å²) in [6.45, 7) is 1.76. The fraction of sp³-hybridized carbons (Fsp3) is 0.714. The van der Waals surface area contributed by atoms with Crippen LogP contribution in [0, 0.1) is 0 Å². The monoisotopic (exact) mass is 210 g/mol. The van der Waals surface area contributed by atoms with Crippen LogP contribution >= 0.6 is 12.4 Å². The highest BCUT2D eigenvalue weighted by atomic mass is 35.5. The van der Waals surface area contributed by atoms with Gasteiger partial charge in [0, 0.05) is 0 Å². The summed E-state index contributed by atoms with van der Waals surface area (Å²) in [5.41, 5.74) is 0. The number of carbonyl (C=O) groups excluding carboxylic acids is 2. The van der Waals surface area contributed by atoms with Gasteiger partial charge in [0.05, 0.1) is 13.3 Å². The maximum atomic E-state index is 10.9. The molecule has 0 aromatic heterocycles. The molecule has 0 rings (SSSR count). The van der Waals surface area contributed by atoms with Gasteiger partial charge < -0.3 is 10.1 Å². The highest BCUT2D eigenvalue weighted by molar-refractivity contribution is 6.32. The van der Waals surface area contributed by atoms with Gasteiger partial charge in [-0.15, -0.1) is 12.4 Å². The molecule has 13 heavy (non-hydrogen) atoms. The Morgan fingerprint density at radius 3 is 2.15 bits per heavy atom. The third kappa shape index (κ3) is 5.43. The average molecular weight is 211 g/mol. The van der Waals surface area contributed by atoms with Crippen molar-refractivity contribution in [2.45, 2.75) is 13.1 Å². The molecule has 0 spiro atoms. The highest BCUT2D eigenvalue weighted by Gasteiger charge is 2.16. The Balaban J connectivity index is 0. The zero-order chi connectivity index (χ0) is 9.72. The Labute approximate surface area is 83.8 Å². The van der Waals surface area contributed by atoms with Gasteiger partial charge >= 0.3 is 11.9 Å². The molecule has 0 aliphatic heterocycles. The highest BCUT2D eigenvalue weighted by Crippen LogP contribution is 1.86. The molecule has 0 heterocycles. The number of nitrogens with one attached hydrogen (secondary N) is 1. The second kappa shape index (κ2) is 6.68. The number of ether oxygens (including phenoxy) is 1. The van der Waals surface area contributed by atoms with E-state index in [2.05, 4.69) is 10.1 Å². The van der Waals surface area contributed by atoms with Crippen molar-refractivity contribution in [2.24, 2.45) is 0 Å². The molecule has 0 bridgehead atoms. The van der Waals surface area contributed by atoms with E-state index >= 15 is 0 Å². The van der Waals surface area contributed by atoms with Crippen molar-refractivity contribution in [3.05, 3.63) is 0 Å². The van der Waals surface area contributed by atoms with E-state index in [4.69, 9.17) is 0 Å². The molecule has 0 fully saturated rings. The SMILES string of the molecule is COC(=O)C(=O)NC(C)N(C)C.Cl. The first-order chi connectivity index (χ1) is 5.49. The van der Waals surface area contributed by atoms with E-state index in [0.717, 1.165) is 0 Å². The molecule has 0 saturated heterocycles. The number of methoxy groups -OCH3 is 1. The summed E-state index contributed by atoms with van der Waals surface area (Å²) < 4.78 is 4.22. The van der Waals surface area contributed by atoms with Crippen molar-refractivity contribution in [1.29, 1.82) is 0 Å². The van der Waals surface area contributed by atoms with Gasteiger partial charge in [-0.05, 0) is 21.0 Å². The van der Waals surface area contributed by atoms with Gasteiger partial charge in [0.1, 0.15) is 0 Å². The van der Waals surface area contributed by atoms with E-state index < -0.39 is 11.9 Å². The van der Waals surface area contributed by atoms with Crippen molar-refractivity contribution < 1.29 is 14.3 Å². The molecule has 0 aliphatic rings. The number of hydrogen-bond acceptors (Lipinski definition) is 4. The van der Waals surface area contributed by atoms with Crippen molar-refractivity contribution in [3.8, 4) is 0 Å². The summed E-state index contributed by atoms with van der Waals surface area (Å²) in [6, 6.07) is 0. The van der Waals surface area contributed by atoms with E-state index in [1.165, 1.54) is 7.11 Å². The molecule has 5 nitrogen and oxygen atoms in total. The number of hydrogen-bond donors (Lipinski definition) is 1. The van der Waals surface area contributed by atoms with Crippen LogP contribution in [0.5, 0.6) is 0 Å². The van der Waals surface area contributed by atoms with Crippen molar-refractivity contribution in [3.63, 3.8) is 0 Å². The lowest BCUT2D eigenvalue weighted by atomic mass is 10.5. The zero-order valence-electron chi connectivity index (χ0n) is 8.16. The topological polar surface area (TPSA) is 58.6 Å². The van der Waals surface area contributed by atoms with Crippen molar-refractivity contribution >= 4 is 24.3 Å². The first-order valence-corrected chi connectivity index (χ1v) is 3.54. The standard InChI is InChI=1S/C7H14N2O3.ClH/c1-5(9(2)3)8-6(10)7(11)12-4;/h5H,1-4H3,(H,8,10);1H. The largest absolute Gasteiger partial charge is 0.462 e. The third-order valence-electron chi connectivity index (χ3n) is 1.49. The van der Waals surface area contributed by atoms with E-state index in [9.17, 15) is 9.59 Å². The minimum Gasteiger partial charge on any atom is -0.462 e. The second-order valence-electron chi connectivity index (χ2n) is 2.60. The van der Waals surface area contributed by atoms with Crippen LogP contribution in [0.4, 0.5) is 0 Å². The van der Waals surface area contributed by atoms with Gasteiger partial charge in [0.25, 0.3) is 0 Å². The summed E-state index contributed by atoms with van der Waals surface area (Å²) >= 11 is 0. The van der Waals surface area contributed by atoms with Gasteiger partial charge in [0.15, 0.2) is 0 Å². The van der Waals surface area contributed by atoms with E-state index in [0.29, 0.717) is 0 Å². The van der Waals surface area contributed by atoms with Gasteiger partial charge in [0.2, 0.25) is 0 Å². The first kappa shape index (κ1) is 14.7. The summed E-state index contributed by atoms with van der Waals surface area (Å²) in [5.74, 6) is -1.59. The first-order valence-electron chi connectivity index (χ1n) is 3.54. The smallest absolute Gasteiger partial charge is 0.396 e. The number of halogens is 1. The van der Waals surface area contributed by atoms with E-state index in [1.54, 1.807) is 25.9 Å². The Bertz CT molecular complexity index is 185. The number of amides is 1. The van der Waals surface area contributed by atoms with Crippen LogP contribution in [0.15, 0.2) is 0 Å². The molecule has 0 radical (unpaired) electrons. The third-order valence-corrected chi connectivity index (χ3v) is 1.49. The van der Waals surface area contributed by atoms with Crippen LogP contribution in [-0.2, 0) is 14.3 Å². The predicted octanol–water partition coefficient (Wildman–Crippen LogP) is -0.395. The summed E-state index contributed by atoms with van der Waals surface area (Å²) in [6.07, 6.45) is -0.184. The zero-order valence-corrected chi connectivity index (χ0v) is 8.97. The quantitative estimate of drug-likeness (QED) is 0.383. The second-order valence-corrected chi connectivity index (χ2v) is 2.60. The predicted molar refractivity (Wildman–Crippen MR) is 50.6 cm³/mol. The molecule has 6 heteroatoms. The van der Waals surface area contributed by atoms with Crippen LogP contribution in [0.3, 0.4) is 0 Å². The van der Waals surface area contributed by atoms with Gasteiger partial charge in [-0.2, -0.15) is 0 Å². The maximum Gasteiger partial charge on any atom is 0.396 e. The lowest BCUT2D eigenvalue weighted by molar-refractivity contribution is -0.153. The average Bonchev–Trinajstić information content (AvgIpc) is 2.02. The van der Waals surface area contributed by atoms with E-state index in [-0.39, 0.29) is 18.6 Å². The molecule has 1 unspecified atom stereocenters. The molecular formula is C7H15ClN2O3. The number of rotatable bonds is 2. The summed E-state index contributed by atoms with van der Waals surface area (Å²) in [4.78, 5) is 23.3. The normalized spacial score (nSPS) is 11.5. The Kier molecular flexibility index (Phi) is 7.55. The minimum absolute atomic E-state index is 0. The molecule has 1 N–H and O–H groups in total. The van der Waals surface area contributed by atoms with Crippen LogP contribution < -0.4 is 5.32 Å². The van der Waals surface area contributed by atoms with Crippen LogP contribution in [0.2, 0.25) is 0 Å². The number of nitrogens with zero attached hydrogens (tertiary/aromatic N) is 1. The number of carbonyl (C=O) groups is 2. The Morgan fingerprint density at radius 2 is 1.85 bits per heavy atom. The lowest BCUT2D eigenvalue weighted by Gasteiger charge is -2.19. The van der Waals surface area contributed by atoms with Gasteiger partial charge in [-0.3, -0.25) is 9.69 Å². The molecule has 1 atom stereocenters. The summed E-state index contributed by atoms with van der Waals surface area (Å²) in [5, 5.41) is 2.44. The fourth-order valence-corrected chi connectivity index (χ4v) is 0.470. The van der Waals surface area contributed by atoms with Gasteiger partial charge in [-0.25, -0.2) is 4.79 Å². The van der Waals surface area contributed by atoms with Crippen LogP contribution in [0.1, 0.15) is 6.92 Å². The molecule has 0 aliphatic carbocycles. The molecular weight excluding hydrogens is 196 g/mol. The van der Waals surface area contributed by atoms with Gasteiger partial charge in [-0.1, -0.05) is 0 Å². The van der Waals surface area contributed by atoms with Crippen molar-refractivity contribution in [2.75, 3.05) is 21.2 Å². The number of esters is 1. The maximum absolute atomic E-state index is 10.9. The Hall–Kier alpha value is -0.810. The molecule has 0 aromatic carbocycles. The van der Waals surface area contributed by atoms with Crippen LogP contribution in [-0.4, -0.2) is 44.1 Å². The van der Waals surface area contributed by atoms with E-state index in [1.807, 2.05) is 0 Å². The van der Waals surface area contributed by atoms with Crippen LogP contribution in [0.25, 0.3) is 0 Å². The molecule has 0 saturated carbocycles. The summed E-state index contributed by atoms with van der Waals surface area (Å²) in [7, 11) is 4.76. The Morgan fingerprint density at radius 1 is 1.38 bits per heavy atom. The fourth-order valence-electron chi connectivity index (χ4n) is 0.470. The molecule has 78 valence electrons.